The number of carbonyl (C=O) groups is 3. The number of para-hydroxylation sites is 1. The van der Waals surface area contributed by atoms with E-state index in [1.54, 1.807) is 23.5 Å². The number of hydrogen-bond acceptors (Lipinski definition) is 14. The third-order valence-corrected chi connectivity index (χ3v) is 15.2. The van der Waals surface area contributed by atoms with Crippen molar-refractivity contribution < 1.29 is 24.6 Å². The molecule has 0 spiro atoms. The van der Waals surface area contributed by atoms with Crippen molar-refractivity contribution in [3.63, 3.8) is 0 Å². The number of likely N-dealkylation sites (tertiary alicyclic amines) is 2. The minimum absolute atomic E-state index is 0.0290. The van der Waals surface area contributed by atoms with Gasteiger partial charge in [-0.25, -0.2) is 15.0 Å². The summed E-state index contributed by atoms with van der Waals surface area (Å²) < 4.78 is 0. The van der Waals surface area contributed by atoms with Gasteiger partial charge in [0.05, 0.1) is 33.6 Å². The molecular formula is C50H63N11O5S. The van der Waals surface area contributed by atoms with E-state index in [0.29, 0.717) is 30.1 Å². The Bertz CT molecular complexity index is 2500. The van der Waals surface area contributed by atoms with Gasteiger partial charge in [0.25, 0.3) is 0 Å². The summed E-state index contributed by atoms with van der Waals surface area (Å²) in [6.07, 6.45) is 11.3. The average Bonchev–Trinajstić information content (AvgIpc) is 4.01. The number of carbonyl (C=O) groups excluding carboxylic acids is 3. The summed E-state index contributed by atoms with van der Waals surface area (Å²) in [6.45, 7) is 9.58. The number of aryl methyl sites for hydroxylation is 1. The van der Waals surface area contributed by atoms with E-state index in [1.807, 2.05) is 88.1 Å². The van der Waals surface area contributed by atoms with Crippen molar-refractivity contribution >= 4 is 40.7 Å². The number of thiazole rings is 1. The number of nitrogens with one attached hydrogen (secondary N) is 4. The van der Waals surface area contributed by atoms with Crippen molar-refractivity contribution in [2.24, 2.45) is 23.0 Å². The number of anilines is 1. The maximum atomic E-state index is 14.3. The van der Waals surface area contributed by atoms with Crippen molar-refractivity contribution in [2.45, 2.75) is 116 Å². The van der Waals surface area contributed by atoms with E-state index >= 15 is 0 Å². The summed E-state index contributed by atoms with van der Waals surface area (Å²) in [6, 6.07) is 13.9. The van der Waals surface area contributed by atoms with Crippen molar-refractivity contribution in [2.75, 3.05) is 24.5 Å². The second-order valence-corrected chi connectivity index (χ2v) is 20.9. The maximum absolute atomic E-state index is 14.3. The topological polar surface area (TPSA) is 214 Å². The predicted molar refractivity (Wildman–Crippen MR) is 257 cm³/mol. The van der Waals surface area contributed by atoms with Crippen LogP contribution >= 0.6 is 11.3 Å². The monoisotopic (exact) mass is 929 g/mol. The molecule has 1 saturated carbocycles. The average molecular weight is 930 g/mol. The van der Waals surface area contributed by atoms with Gasteiger partial charge in [-0.05, 0) is 98.1 Å². The molecule has 4 aromatic rings. The van der Waals surface area contributed by atoms with Crippen LogP contribution in [0.2, 0.25) is 0 Å². The first kappa shape index (κ1) is 45.9. The number of allylic oxidation sites excluding steroid dienone is 1. The predicted octanol–water partition coefficient (Wildman–Crippen LogP) is 4.70. The van der Waals surface area contributed by atoms with Gasteiger partial charge < -0.3 is 41.3 Å². The number of aromatic nitrogens is 3. The SMILES string of the molecule is Cc1ncsc1-c1ccc(CNC(=O)[C@@H]2C[C@@H](O)CN2C(=O)[C@@H](NC(=O)[C@H]2CC[C@H](Cc3cnc(N4C5CCC4CN(C4=C(N)NNC(c6ccccc6O)=C4)C5)nc3)CC2)C(C)(C)C)cc1. The molecule has 4 fully saturated rings. The van der Waals surface area contributed by atoms with Crippen LogP contribution in [0.1, 0.15) is 88.1 Å². The minimum atomic E-state index is -0.869. The quantitative estimate of drug-likeness (QED) is 0.103. The van der Waals surface area contributed by atoms with Crippen LogP contribution < -0.4 is 32.1 Å². The number of nitrogens with zero attached hydrogens (tertiary/aromatic N) is 6. The zero-order valence-electron chi connectivity index (χ0n) is 38.7. The van der Waals surface area contributed by atoms with Gasteiger partial charge in [0.15, 0.2) is 0 Å². The number of rotatable bonds is 12. The molecule has 3 saturated heterocycles. The molecule has 5 aliphatic rings. The molecular weight excluding hydrogens is 867 g/mol. The molecule has 1 aliphatic carbocycles. The molecule has 354 valence electrons. The zero-order valence-corrected chi connectivity index (χ0v) is 39.6. The number of hydrazine groups is 1. The van der Waals surface area contributed by atoms with Crippen LogP contribution in [-0.2, 0) is 27.3 Å². The van der Waals surface area contributed by atoms with Crippen molar-refractivity contribution in [3.05, 3.63) is 106 Å². The number of aromatic hydroxyl groups is 1. The fourth-order valence-electron chi connectivity index (χ4n) is 10.6. The molecule has 9 rings (SSSR count). The summed E-state index contributed by atoms with van der Waals surface area (Å²) in [4.78, 5) is 63.1. The fraction of sp³-hybridized carbons (Fsp3) is 0.480. The third kappa shape index (κ3) is 9.94. The minimum Gasteiger partial charge on any atom is -0.507 e. The van der Waals surface area contributed by atoms with Crippen molar-refractivity contribution in [1.29, 1.82) is 0 Å². The van der Waals surface area contributed by atoms with E-state index in [9.17, 15) is 24.6 Å². The lowest BCUT2D eigenvalue weighted by Gasteiger charge is -2.43. The Morgan fingerprint density at radius 1 is 0.896 bits per heavy atom. The lowest BCUT2D eigenvalue weighted by Crippen LogP contribution is -2.58. The largest absolute Gasteiger partial charge is 0.507 e. The number of β-amino-alcohol motifs (C(OH)–C–C–N with tert-alkyl or cyclic N) is 1. The molecule has 3 amide bonds. The van der Waals surface area contributed by atoms with E-state index in [1.165, 1.54) is 4.90 Å². The number of phenols is 1. The Balaban J connectivity index is 0.757. The maximum Gasteiger partial charge on any atom is 0.246 e. The third-order valence-electron chi connectivity index (χ3n) is 14.3. The van der Waals surface area contributed by atoms with E-state index in [2.05, 4.69) is 36.3 Å². The number of hydrogen-bond donors (Lipinski definition) is 7. The number of nitrogens with two attached hydrogens (primary N) is 1. The Kier molecular flexibility index (Phi) is 13.2. The molecule has 2 unspecified atom stereocenters. The highest BCUT2D eigenvalue weighted by molar-refractivity contribution is 7.13. The highest BCUT2D eigenvalue weighted by atomic mass is 32.1. The Morgan fingerprint density at radius 2 is 1.60 bits per heavy atom. The first-order chi connectivity index (χ1) is 32.2. The van der Waals surface area contributed by atoms with Gasteiger partial charge in [-0.3, -0.25) is 25.2 Å². The Labute approximate surface area is 396 Å². The van der Waals surface area contributed by atoms with E-state index in [4.69, 9.17) is 15.7 Å². The number of fused-ring (bicyclic) bond motifs is 2. The summed E-state index contributed by atoms with van der Waals surface area (Å²) in [5, 5.41) is 27.2. The Hall–Kier alpha value is -6.20. The number of benzene rings is 2. The van der Waals surface area contributed by atoms with Crippen LogP contribution in [0.4, 0.5) is 5.95 Å². The molecule has 2 aromatic carbocycles. The van der Waals surface area contributed by atoms with Gasteiger partial charge in [-0.2, -0.15) is 0 Å². The first-order valence-corrected chi connectivity index (χ1v) is 24.5. The molecule has 2 bridgehead atoms. The number of aliphatic hydroxyl groups excluding tert-OH is 1. The van der Waals surface area contributed by atoms with Crippen molar-refractivity contribution in [3.8, 4) is 16.2 Å². The van der Waals surface area contributed by atoms with Gasteiger partial charge in [-0.15, -0.1) is 11.3 Å². The molecule has 4 aliphatic heterocycles. The normalized spacial score (nSPS) is 24.4. The van der Waals surface area contributed by atoms with Crippen LogP contribution in [-0.4, -0.2) is 103 Å². The summed E-state index contributed by atoms with van der Waals surface area (Å²) >= 11 is 1.59. The van der Waals surface area contributed by atoms with Crippen LogP contribution in [0.25, 0.3) is 16.1 Å². The number of amides is 3. The summed E-state index contributed by atoms with van der Waals surface area (Å²) in [7, 11) is 0. The van der Waals surface area contributed by atoms with Gasteiger partial charge in [-0.1, -0.05) is 57.2 Å². The smallest absolute Gasteiger partial charge is 0.246 e. The lowest BCUT2D eigenvalue weighted by molar-refractivity contribution is -0.144. The number of piperazine rings is 1. The van der Waals surface area contributed by atoms with Crippen LogP contribution in [0.5, 0.6) is 5.75 Å². The molecule has 67 heavy (non-hydrogen) atoms. The number of aliphatic hydroxyl groups is 1. The lowest BCUT2D eigenvalue weighted by atomic mass is 9.78. The van der Waals surface area contributed by atoms with Gasteiger partial charge in [0, 0.05) is 68.6 Å². The molecule has 16 nitrogen and oxygen atoms in total. The van der Waals surface area contributed by atoms with E-state index in [-0.39, 0.29) is 61.0 Å². The van der Waals surface area contributed by atoms with Gasteiger partial charge >= 0.3 is 0 Å². The summed E-state index contributed by atoms with van der Waals surface area (Å²) in [5.41, 5.74) is 20.2. The van der Waals surface area contributed by atoms with Gasteiger partial charge in [0.1, 0.15) is 23.7 Å². The Morgan fingerprint density at radius 3 is 2.25 bits per heavy atom. The second kappa shape index (κ2) is 19.2. The van der Waals surface area contributed by atoms with Crippen LogP contribution in [0.3, 0.4) is 0 Å². The van der Waals surface area contributed by atoms with E-state index in [0.717, 1.165) is 89.8 Å². The molecule has 8 N–H and O–H groups in total. The molecule has 5 atom stereocenters. The highest BCUT2D eigenvalue weighted by Gasteiger charge is 2.46. The molecule has 0 radical (unpaired) electrons. The zero-order chi connectivity index (χ0) is 47.0. The van der Waals surface area contributed by atoms with Crippen molar-refractivity contribution in [1.82, 2.24) is 46.2 Å². The molecule has 6 heterocycles. The first-order valence-electron chi connectivity index (χ1n) is 23.6. The highest BCUT2D eigenvalue weighted by Crippen LogP contribution is 2.37. The van der Waals surface area contributed by atoms with Crippen LogP contribution in [0.15, 0.2) is 84.0 Å². The van der Waals surface area contributed by atoms with E-state index < -0.39 is 23.6 Å². The molecule has 2 aromatic heterocycles. The standard InChI is InChI=1S/C50H63N11O5S/c1-29-43(67-28-55-29)33-13-11-31(12-14-33)22-52-47(65)41-20-37(62)27-60(41)48(66)44(50(2,3)4)56-46(64)34-15-9-30(10-16-34)19-32-23-53-49(54-24-32)61-35-17-18-36(61)26-59(25-35)40-21-39(57-58-45(40)51)38-7-5-6-8-42(38)63/h5-8,11-14,21,23-24,28,30,34-37,41,44,57-58,62-63H,9-10,15-20,22,25-27,51H2,1-4H3,(H,52,65)(H,56,64)/t30-,34-,35?,36?,37-,41+,44-/m1/s1. The second-order valence-electron chi connectivity index (χ2n) is 20.0. The van der Waals surface area contributed by atoms with Crippen LogP contribution in [0, 0.1) is 24.2 Å². The summed E-state index contributed by atoms with van der Waals surface area (Å²) in [5.74, 6) is 0.812. The number of phenolic OH excluding ortho intramolecular Hbond substituents is 1. The van der Waals surface area contributed by atoms with Gasteiger partial charge in [0.2, 0.25) is 23.7 Å². The fourth-order valence-corrected chi connectivity index (χ4v) is 11.4. The molecule has 17 heteroatoms.